The second-order valence-corrected chi connectivity index (χ2v) is 11.3. The fourth-order valence-electron chi connectivity index (χ4n) is 4.19. The first-order valence-electron chi connectivity index (χ1n) is 10.3. The van der Waals surface area contributed by atoms with Crippen LogP contribution in [0.2, 0.25) is 5.02 Å². The van der Waals surface area contributed by atoms with Crippen LogP contribution in [-0.2, 0) is 19.1 Å². The molecule has 0 bridgehead atoms. The first-order chi connectivity index (χ1) is 14.9. The summed E-state index contributed by atoms with van der Waals surface area (Å²) in [4.78, 5) is 39.4. The molecule has 2 heterocycles. The summed E-state index contributed by atoms with van der Waals surface area (Å²) in [6.45, 7) is 1.07. The van der Waals surface area contributed by atoms with Gasteiger partial charge in [-0.25, -0.2) is 9.69 Å². The third kappa shape index (κ3) is 5.01. The van der Waals surface area contributed by atoms with Crippen molar-refractivity contribution in [2.45, 2.75) is 41.8 Å². The number of allylic oxidation sites excluding steroid dienone is 1. The van der Waals surface area contributed by atoms with E-state index in [2.05, 4.69) is 26.6 Å². The minimum Gasteiger partial charge on any atom is -0.361 e. The van der Waals surface area contributed by atoms with E-state index in [1.54, 1.807) is 18.2 Å². The number of morpholine rings is 1. The van der Waals surface area contributed by atoms with Crippen molar-refractivity contribution in [1.29, 1.82) is 0 Å². The molecule has 0 aromatic heterocycles. The molecule has 2 aliphatic heterocycles. The van der Waals surface area contributed by atoms with E-state index in [0.717, 1.165) is 19.3 Å². The zero-order valence-electron chi connectivity index (χ0n) is 16.8. The molecule has 3 N–H and O–H groups in total. The molecule has 31 heavy (non-hydrogen) atoms. The topological polar surface area (TPSA) is 88.9 Å². The molecule has 1 aromatic carbocycles. The highest BCUT2D eigenvalue weighted by Gasteiger charge is 2.43. The lowest BCUT2D eigenvalue weighted by Gasteiger charge is -2.29. The highest BCUT2D eigenvalue weighted by molar-refractivity contribution is 9.11. The zero-order valence-corrected chi connectivity index (χ0v) is 20.0. The summed E-state index contributed by atoms with van der Waals surface area (Å²) < 4.78 is 5.38. The average molecular weight is 530 g/mol. The summed E-state index contributed by atoms with van der Waals surface area (Å²) in [5.74, 6) is -0.509. The van der Waals surface area contributed by atoms with E-state index in [9.17, 15) is 14.4 Å². The Morgan fingerprint density at radius 3 is 2.71 bits per heavy atom. The van der Waals surface area contributed by atoms with E-state index >= 15 is 0 Å². The molecule has 1 saturated carbocycles. The number of rotatable bonds is 5. The molecule has 1 saturated heterocycles. The Hall–Kier alpha value is -1.39. The van der Waals surface area contributed by atoms with E-state index in [1.165, 1.54) is 11.8 Å². The number of alkyl halides is 1. The summed E-state index contributed by atoms with van der Waals surface area (Å²) in [6, 6.07) is 5.15. The fourth-order valence-corrected chi connectivity index (χ4v) is 6.09. The van der Waals surface area contributed by atoms with Gasteiger partial charge in [0.15, 0.2) is 12.3 Å². The number of hydrogen-bond donors (Lipinski definition) is 3. The molecule has 1 aromatic rings. The molecular formula is C21H24BrClN3O4S+. The summed E-state index contributed by atoms with van der Waals surface area (Å²) in [6.07, 6.45) is 5.63. The molecule has 3 aliphatic rings. The summed E-state index contributed by atoms with van der Waals surface area (Å²) in [7, 11) is 0. The molecule has 0 radical (unpaired) electrons. The minimum absolute atomic E-state index is 0.0664. The number of ether oxygens (including phenoxy) is 1. The highest BCUT2D eigenvalue weighted by atomic mass is 79.9. The van der Waals surface area contributed by atoms with Crippen molar-refractivity contribution < 1.29 is 24.0 Å². The molecule has 7 nitrogen and oxygen atoms in total. The van der Waals surface area contributed by atoms with Crippen molar-refractivity contribution in [2.24, 2.45) is 0 Å². The molecule has 10 heteroatoms. The average Bonchev–Trinajstić information content (AvgIpc) is 3.39. The van der Waals surface area contributed by atoms with Crippen LogP contribution in [0.15, 0.2) is 29.2 Å². The second-order valence-electron chi connectivity index (χ2n) is 7.93. The Bertz CT molecular complexity index is 935. The van der Waals surface area contributed by atoms with E-state index in [-0.39, 0.29) is 28.5 Å². The number of anilines is 1. The van der Waals surface area contributed by atoms with Crippen molar-refractivity contribution in [3.8, 4) is 0 Å². The maximum absolute atomic E-state index is 13.2. The van der Waals surface area contributed by atoms with E-state index in [0.29, 0.717) is 52.2 Å². The Kier molecular flexibility index (Phi) is 7.07. The maximum Gasteiger partial charge on any atom is 0.343 e. The van der Waals surface area contributed by atoms with Crippen LogP contribution in [-0.4, -0.2) is 47.2 Å². The van der Waals surface area contributed by atoms with Gasteiger partial charge in [0.2, 0.25) is 5.91 Å². The van der Waals surface area contributed by atoms with Gasteiger partial charge in [0.05, 0.1) is 15.7 Å². The van der Waals surface area contributed by atoms with Gasteiger partial charge in [-0.3, -0.25) is 9.59 Å². The number of benzene rings is 1. The molecule has 4 rings (SSSR count). The van der Waals surface area contributed by atoms with Gasteiger partial charge in [-0.05, 0) is 31.4 Å². The predicted octanol–water partition coefficient (Wildman–Crippen LogP) is 2.52. The second kappa shape index (κ2) is 9.62. The van der Waals surface area contributed by atoms with Gasteiger partial charge in [-0.1, -0.05) is 46.4 Å². The minimum atomic E-state index is -0.931. The third-order valence-electron chi connectivity index (χ3n) is 5.83. The van der Waals surface area contributed by atoms with Gasteiger partial charge < -0.3 is 15.4 Å². The predicted molar refractivity (Wildman–Crippen MR) is 124 cm³/mol. The number of hydrogen-bond acceptors (Lipinski definition) is 5. The number of carbonyl (C=O) groups excluding carboxylic acids is 3. The Balaban J connectivity index is 1.47. The van der Waals surface area contributed by atoms with Gasteiger partial charge in [-0.15, -0.1) is 11.8 Å². The largest absolute Gasteiger partial charge is 0.361 e. The van der Waals surface area contributed by atoms with Crippen molar-refractivity contribution in [3.05, 3.63) is 34.2 Å². The summed E-state index contributed by atoms with van der Waals surface area (Å²) >= 11 is 11.4. The van der Waals surface area contributed by atoms with Gasteiger partial charge in [0, 0.05) is 11.8 Å². The number of thioether (sulfide) groups is 1. The van der Waals surface area contributed by atoms with Crippen molar-refractivity contribution in [1.82, 2.24) is 5.32 Å². The fraction of sp³-hybridized carbons (Fsp3) is 0.476. The van der Waals surface area contributed by atoms with Gasteiger partial charge in [0.25, 0.3) is 5.91 Å². The third-order valence-corrected chi connectivity index (χ3v) is 8.13. The molecule has 0 spiro atoms. The van der Waals surface area contributed by atoms with Crippen molar-refractivity contribution >= 4 is 68.4 Å². The van der Waals surface area contributed by atoms with Gasteiger partial charge >= 0.3 is 5.91 Å². The smallest absolute Gasteiger partial charge is 0.343 e. The molecule has 2 unspecified atom stereocenters. The monoisotopic (exact) mass is 528 g/mol. The molecule has 166 valence electrons. The van der Waals surface area contributed by atoms with Crippen LogP contribution < -0.4 is 15.5 Å². The Morgan fingerprint density at radius 1 is 1.29 bits per heavy atom. The van der Waals surface area contributed by atoms with E-state index in [4.69, 9.17) is 16.3 Å². The lowest BCUT2D eigenvalue weighted by molar-refractivity contribution is -0.757. The number of quaternary nitrogens is 1. The number of nitrogens with one attached hydrogen (secondary N) is 3. The first kappa shape index (κ1) is 22.8. The maximum atomic E-state index is 13.2. The normalized spacial score (nSPS) is 25.2. The zero-order chi connectivity index (χ0) is 22.0. The molecule has 1 aliphatic carbocycles. The highest BCUT2D eigenvalue weighted by Crippen LogP contribution is 2.38. The molecule has 2 fully saturated rings. The SMILES string of the molecule is O=C(NC1(C(=O)Nc2ccc([NH+]3CCOCC3=O)c(Cl)c2)CCCC1)C1=CCC(Br)S1. The number of amides is 3. The van der Waals surface area contributed by atoms with Crippen LogP contribution in [0.1, 0.15) is 32.1 Å². The van der Waals surface area contributed by atoms with Gasteiger partial charge in [-0.2, -0.15) is 0 Å². The number of carbonyl (C=O) groups is 3. The lowest BCUT2D eigenvalue weighted by Crippen LogP contribution is -3.12. The molecule has 2 atom stereocenters. The standard InChI is InChI=1S/C21H23BrClN3O4S/c22-17-6-5-16(31-17)19(28)25-21(7-1-2-8-21)20(29)24-13-3-4-15(14(23)11-13)26-9-10-30-12-18(26)27/h3-5,11,17H,1-2,6-10,12H2,(H,24,29)(H,25,28)/p+1. The van der Waals surface area contributed by atoms with Crippen LogP contribution in [0.25, 0.3) is 0 Å². The molecular weight excluding hydrogens is 506 g/mol. The van der Waals surface area contributed by atoms with E-state index < -0.39 is 5.54 Å². The van der Waals surface area contributed by atoms with E-state index in [1.807, 2.05) is 6.08 Å². The lowest BCUT2D eigenvalue weighted by atomic mass is 9.95. The summed E-state index contributed by atoms with van der Waals surface area (Å²) in [5, 5.41) is 6.33. The number of halogens is 2. The quantitative estimate of drug-likeness (QED) is 0.510. The Morgan fingerprint density at radius 2 is 2.06 bits per heavy atom. The van der Waals surface area contributed by atoms with Crippen molar-refractivity contribution in [2.75, 3.05) is 25.1 Å². The summed E-state index contributed by atoms with van der Waals surface area (Å²) in [5.41, 5.74) is 0.278. The molecule has 3 amide bonds. The van der Waals surface area contributed by atoms with Gasteiger partial charge in [0.1, 0.15) is 17.1 Å². The van der Waals surface area contributed by atoms with Crippen molar-refractivity contribution in [3.63, 3.8) is 0 Å². The van der Waals surface area contributed by atoms with Crippen LogP contribution in [0.5, 0.6) is 0 Å². The van der Waals surface area contributed by atoms with Crippen LogP contribution in [0, 0.1) is 0 Å². The van der Waals surface area contributed by atoms with Crippen LogP contribution in [0.4, 0.5) is 11.4 Å². The first-order valence-corrected chi connectivity index (χ1v) is 12.5. The van der Waals surface area contributed by atoms with Crippen LogP contribution >= 0.6 is 39.3 Å². The Labute approximate surface area is 198 Å². The van der Waals surface area contributed by atoms with Crippen LogP contribution in [0.3, 0.4) is 0 Å².